The molecular weight excluding hydrogens is 164 g/mol. The first-order valence-electron chi connectivity index (χ1n) is 4.18. The number of hydrogen-bond donors (Lipinski definition) is 3. The van der Waals surface area contributed by atoms with Crippen LogP contribution in [-0.4, -0.2) is 22.9 Å². The monoisotopic (exact) mass is 184 g/mol. The average Bonchev–Trinajstić information content (AvgIpc) is 2.01. The minimum Gasteiger partial charge on any atom is -0.313 e. The number of nitrogens with two attached hydrogens (primary N) is 3. The Labute approximate surface area is 80.1 Å². The molecule has 0 bridgehead atoms. The Kier molecular flexibility index (Phi) is 4.29. The lowest BCUT2D eigenvalue weighted by molar-refractivity contribution is 0.0692. The van der Waals surface area contributed by atoms with Crippen LogP contribution < -0.4 is 17.2 Å². The van der Waals surface area contributed by atoms with Crippen LogP contribution in [0.5, 0.6) is 0 Å². The first kappa shape index (κ1) is 12.3. The third-order valence-electron chi connectivity index (χ3n) is 1.79. The summed E-state index contributed by atoms with van der Waals surface area (Å²) in [5, 5.41) is 0. The molecule has 0 aromatic heterocycles. The van der Waals surface area contributed by atoms with Crippen molar-refractivity contribution in [1.82, 2.24) is 4.90 Å². The molecule has 0 rings (SSSR count). The molecule has 4 heteroatoms. The number of rotatable bonds is 5. The molecular formula is C9H20N4. The van der Waals surface area contributed by atoms with Gasteiger partial charge in [0.1, 0.15) is 0 Å². The lowest BCUT2D eigenvalue weighted by Crippen LogP contribution is -2.63. The summed E-state index contributed by atoms with van der Waals surface area (Å²) in [5.41, 5.74) is 16.9. The second-order valence-corrected chi connectivity index (χ2v) is 3.51. The maximum atomic E-state index is 5.90. The quantitative estimate of drug-likeness (QED) is 0.412. The first-order valence-corrected chi connectivity index (χ1v) is 4.18. The molecule has 0 spiro atoms. The molecule has 6 N–H and O–H groups in total. The van der Waals surface area contributed by atoms with E-state index in [9.17, 15) is 0 Å². The van der Waals surface area contributed by atoms with Gasteiger partial charge in [-0.2, -0.15) is 0 Å². The summed E-state index contributed by atoms with van der Waals surface area (Å²) >= 11 is 0. The molecule has 0 aliphatic rings. The van der Waals surface area contributed by atoms with Gasteiger partial charge in [-0.15, -0.1) is 13.2 Å². The highest BCUT2D eigenvalue weighted by Crippen LogP contribution is 2.12. The molecule has 0 saturated carbocycles. The van der Waals surface area contributed by atoms with Gasteiger partial charge >= 0.3 is 0 Å². The Balaban J connectivity index is 4.74. The Morgan fingerprint density at radius 1 is 1.15 bits per heavy atom. The molecule has 0 aliphatic heterocycles. The minimum absolute atomic E-state index is 0.368. The summed E-state index contributed by atoms with van der Waals surface area (Å²) < 4.78 is 0. The highest BCUT2D eigenvalue weighted by Gasteiger charge is 2.29. The van der Waals surface area contributed by atoms with Crippen LogP contribution in [0.3, 0.4) is 0 Å². The third-order valence-corrected chi connectivity index (χ3v) is 1.79. The standard InChI is InChI=1S/C9H20N4/c1-5-7(10)13(8(11)6-2)9(3,4)12/h5-8H,1-2,10-12H2,3-4H3. The highest BCUT2D eigenvalue weighted by atomic mass is 15.4. The Bertz CT molecular complexity index is 169. The zero-order valence-electron chi connectivity index (χ0n) is 8.40. The second kappa shape index (κ2) is 4.53. The van der Waals surface area contributed by atoms with Gasteiger partial charge in [0.15, 0.2) is 0 Å². The van der Waals surface area contributed by atoms with E-state index in [-0.39, 0.29) is 12.3 Å². The summed E-state index contributed by atoms with van der Waals surface area (Å²) in [7, 11) is 0. The maximum absolute atomic E-state index is 5.90. The SMILES string of the molecule is C=CC(N)N(C(N)C=C)C(C)(C)N. The fourth-order valence-electron chi connectivity index (χ4n) is 1.19. The topological polar surface area (TPSA) is 81.3 Å². The fourth-order valence-corrected chi connectivity index (χ4v) is 1.19. The van der Waals surface area contributed by atoms with E-state index in [0.717, 1.165) is 0 Å². The van der Waals surface area contributed by atoms with Gasteiger partial charge in [-0.3, -0.25) is 0 Å². The van der Waals surface area contributed by atoms with Crippen LogP contribution in [0.2, 0.25) is 0 Å². The lowest BCUT2D eigenvalue weighted by atomic mass is 10.1. The van der Waals surface area contributed by atoms with Crippen LogP contribution in [0, 0.1) is 0 Å². The van der Waals surface area contributed by atoms with Crippen molar-refractivity contribution in [2.45, 2.75) is 31.8 Å². The summed E-state index contributed by atoms with van der Waals surface area (Å²) in [6, 6.07) is 0. The predicted octanol–water partition coefficient (Wildman–Crippen LogP) is -0.0752. The molecule has 0 heterocycles. The Morgan fingerprint density at radius 3 is 1.62 bits per heavy atom. The van der Waals surface area contributed by atoms with Gasteiger partial charge in [0, 0.05) is 0 Å². The van der Waals surface area contributed by atoms with E-state index in [1.807, 2.05) is 13.8 Å². The highest BCUT2D eigenvalue weighted by molar-refractivity contribution is 4.96. The van der Waals surface area contributed by atoms with Gasteiger partial charge in [0.2, 0.25) is 0 Å². The van der Waals surface area contributed by atoms with Gasteiger partial charge < -0.3 is 17.2 Å². The van der Waals surface area contributed by atoms with Crippen LogP contribution in [0.4, 0.5) is 0 Å². The van der Waals surface area contributed by atoms with Gasteiger partial charge in [-0.05, 0) is 13.8 Å². The first-order chi connectivity index (χ1) is 5.84. The van der Waals surface area contributed by atoms with Crippen LogP contribution in [-0.2, 0) is 0 Å². The van der Waals surface area contributed by atoms with Gasteiger partial charge in [0.05, 0.1) is 18.0 Å². The molecule has 0 amide bonds. The molecule has 2 atom stereocenters. The van der Waals surface area contributed by atoms with Crippen LogP contribution >= 0.6 is 0 Å². The molecule has 2 unspecified atom stereocenters. The van der Waals surface area contributed by atoms with Crippen molar-refractivity contribution >= 4 is 0 Å². The van der Waals surface area contributed by atoms with E-state index >= 15 is 0 Å². The van der Waals surface area contributed by atoms with Crippen LogP contribution in [0.1, 0.15) is 13.8 Å². The average molecular weight is 184 g/mol. The van der Waals surface area contributed by atoms with Crippen LogP contribution in [0.15, 0.2) is 25.3 Å². The van der Waals surface area contributed by atoms with Crippen molar-refractivity contribution in [3.05, 3.63) is 25.3 Å². The summed E-state index contributed by atoms with van der Waals surface area (Å²) in [6.45, 7) is 10.9. The van der Waals surface area contributed by atoms with Crippen molar-refractivity contribution in [2.75, 3.05) is 0 Å². The second-order valence-electron chi connectivity index (χ2n) is 3.51. The van der Waals surface area contributed by atoms with E-state index < -0.39 is 5.66 Å². The van der Waals surface area contributed by atoms with Crippen molar-refractivity contribution in [1.29, 1.82) is 0 Å². The van der Waals surface area contributed by atoms with Crippen LogP contribution in [0.25, 0.3) is 0 Å². The Hall–Kier alpha value is -0.680. The van der Waals surface area contributed by atoms with Crippen molar-refractivity contribution in [3.8, 4) is 0 Å². The summed E-state index contributed by atoms with van der Waals surface area (Å²) in [5.74, 6) is 0. The van der Waals surface area contributed by atoms with Crippen molar-refractivity contribution < 1.29 is 0 Å². The molecule has 0 saturated heterocycles. The van der Waals surface area contributed by atoms with E-state index in [0.29, 0.717) is 0 Å². The van der Waals surface area contributed by atoms with Crippen molar-refractivity contribution in [3.63, 3.8) is 0 Å². The number of hydrogen-bond acceptors (Lipinski definition) is 4. The molecule has 76 valence electrons. The van der Waals surface area contributed by atoms with E-state index in [4.69, 9.17) is 17.2 Å². The van der Waals surface area contributed by atoms with E-state index in [1.165, 1.54) is 0 Å². The minimum atomic E-state index is -0.596. The summed E-state index contributed by atoms with van der Waals surface area (Å²) in [6.07, 6.45) is 2.46. The number of nitrogens with zero attached hydrogens (tertiary/aromatic N) is 1. The molecule has 13 heavy (non-hydrogen) atoms. The maximum Gasteiger partial charge on any atom is 0.0792 e. The molecule has 0 radical (unpaired) electrons. The predicted molar refractivity (Wildman–Crippen MR) is 56.5 cm³/mol. The van der Waals surface area contributed by atoms with Crippen molar-refractivity contribution in [2.24, 2.45) is 17.2 Å². The summed E-state index contributed by atoms with van der Waals surface area (Å²) in [4.78, 5) is 1.73. The largest absolute Gasteiger partial charge is 0.313 e. The molecule has 0 aliphatic carbocycles. The zero-order valence-corrected chi connectivity index (χ0v) is 8.40. The zero-order chi connectivity index (χ0) is 10.6. The van der Waals surface area contributed by atoms with Gasteiger partial charge in [0.25, 0.3) is 0 Å². The van der Waals surface area contributed by atoms with Gasteiger partial charge in [-0.25, -0.2) is 4.90 Å². The smallest absolute Gasteiger partial charge is 0.0792 e. The van der Waals surface area contributed by atoms with E-state index in [2.05, 4.69) is 13.2 Å². The third kappa shape index (κ3) is 3.28. The molecule has 0 aromatic carbocycles. The fraction of sp³-hybridized carbons (Fsp3) is 0.556. The molecule has 4 nitrogen and oxygen atoms in total. The Morgan fingerprint density at radius 2 is 1.46 bits per heavy atom. The van der Waals surface area contributed by atoms with E-state index in [1.54, 1.807) is 17.1 Å². The molecule has 0 aromatic rings. The molecule has 0 fully saturated rings. The normalized spacial score (nSPS) is 16.8. The lowest BCUT2D eigenvalue weighted by Gasteiger charge is -2.41. The van der Waals surface area contributed by atoms with Gasteiger partial charge in [-0.1, -0.05) is 12.2 Å².